The molecule has 0 aliphatic heterocycles. The van der Waals surface area contributed by atoms with Gasteiger partial charge in [-0.3, -0.25) is 0 Å². The monoisotopic (exact) mass is 270 g/mol. The third kappa shape index (κ3) is 3.82. The van der Waals surface area contributed by atoms with Crippen molar-refractivity contribution in [2.45, 2.75) is 33.2 Å². The fourth-order valence-electron chi connectivity index (χ4n) is 1.50. The van der Waals surface area contributed by atoms with Gasteiger partial charge < -0.3 is 4.90 Å². The van der Waals surface area contributed by atoms with Gasteiger partial charge in [-0.1, -0.05) is 22.0 Å². The van der Waals surface area contributed by atoms with Crippen molar-refractivity contribution in [1.29, 1.82) is 0 Å². The van der Waals surface area contributed by atoms with Gasteiger partial charge in [0, 0.05) is 24.1 Å². The van der Waals surface area contributed by atoms with E-state index in [4.69, 9.17) is 0 Å². The molecule has 0 spiro atoms. The summed E-state index contributed by atoms with van der Waals surface area (Å²) in [4.78, 5) is 6.80. The Morgan fingerprint density at radius 1 is 1.40 bits per heavy atom. The van der Waals surface area contributed by atoms with Crippen LogP contribution in [0.2, 0.25) is 0 Å². The van der Waals surface area contributed by atoms with E-state index in [0.717, 1.165) is 24.1 Å². The molecule has 2 nitrogen and oxygen atoms in total. The molecule has 1 heterocycles. The van der Waals surface area contributed by atoms with Gasteiger partial charge >= 0.3 is 0 Å². The number of hydrogen-bond donors (Lipinski definition) is 0. The van der Waals surface area contributed by atoms with E-state index in [-0.39, 0.29) is 0 Å². The molecule has 0 atom stereocenters. The zero-order valence-corrected chi connectivity index (χ0v) is 11.3. The Hall–Kier alpha value is -0.570. The summed E-state index contributed by atoms with van der Waals surface area (Å²) in [5.41, 5.74) is 1.21. The number of anilines is 1. The van der Waals surface area contributed by atoms with Gasteiger partial charge in [-0.15, -0.1) is 0 Å². The number of nitrogens with zero attached hydrogens (tertiary/aromatic N) is 2. The number of aryl methyl sites for hydroxylation is 1. The van der Waals surface area contributed by atoms with Crippen LogP contribution in [-0.4, -0.2) is 22.9 Å². The standard InChI is InChI=1S/C12H19BrN2/c1-10(2)15(8-4-7-13)12-6-5-11(3)9-14-12/h5-6,9-10H,4,7-8H2,1-3H3. The van der Waals surface area contributed by atoms with Crippen LogP contribution < -0.4 is 4.90 Å². The first-order chi connectivity index (χ1) is 7.15. The summed E-state index contributed by atoms with van der Waals surface area (Å²) in [7, 11) is 0. The molecule has 3 heteroatoms. The molecule has 0 amide bonds. The van der Waals surface area contributed by atoms with Crippen molar-refractivity contribution in [3.63, 3.8) is 0 Å². The summed E-state index contributed by atoms with van der Waals surface area (Å²) in [6.45, 7) is 7.53. The average Bonchev–Trinajstić information content (AvgIpc) is 2.21. The maximum absolute atomic E-state index is 4.46. The molecule has 0 fully saturated rings. The normalized spacial score (nSPS) is 10.7. The number of alkyl halides is 1. The van der Waals surface area contributed by atoms with Gasteiger partial charge in [0.05, 0.1) is 0 Å². The Balaban J connectivity index is 2.74. The lowest BCUT2D eigenvalue weighted by Gasteiger charge is -2.27. The summed E-state index contributed by atoms with van der Waals surface area (Å²) in [5.74, 6) is 1.08. The predicted molar refractivity (Wildman–Crippen MR) is 69.9 cm³/mol. The van der Waals surface area contributed by atoms with Crippen molar-refractivity contribution in [1.82, 2.24) is 4.98 Å². The van der Waals surface area contributed by atoms with E-state index >= 15 is 0 Å². The van der Waals surface area contributed by atoms with Crippen molar-refractivity contribution in [3.8, 4) is 0 Å². The Morgan fingerprint density at radius 3 is 2.60 bits per heavy atom. The highest BCUT2D eigenvalue weighted by Gasteiger charge is 2.10. The highest BCUT2D eigenvalue weighted by Crippen LogP contribution is 2.14. The van der Waals surface area contributed by atoms with E-state index in [0.29, 0.717) is 6.04 Å². The molecule has 0 bridgehead atoms. The molecule has 1 aromatic heterocycles. The molecule has 1 rings (SSSR count). The highest BCUT2D eigenvalue weighted by molar-refractivity contribution is 9.09. The largest absolute Gasteiger partial charge is 0.354 e. The molecule has 0 radical (unpaired) electrons. The van der Waals surface area contributed by atoms with E-state index in [1.165, 1.54) is 5.56 Å². The summed E-state index contributed by atoms with van der Waals surface area (Å²) < 4.78 is 0. The van der Waals surface area contributed by atoms with E-state index in [9.17, 15) is 0 Å². The average molecular weight is 271 g/mol. The number of hydrogen-bond acceptors (Lipinski definition) is 2. The fourth-order valence-corrected chi connectivity index (χ4v) is 1.75. The van der Waals surface area contributed by atoms with Crippen molar-refractivity contribution >= 4 is 21.7 Å². The Kier molecular flexibility index (Phi) is 5.09. The summed E-state index contributed by atoms with van der Waals surface area (Å²) in [5, 5.41) is 1.04. The molecule has 0 saturated carbocycles. The number of aromatic nitrogens is 1. The van der Waals surface area contributed by atoms with Crippen LogP contribution in [0, 0.1) is 6.92 Å². The molecule has 0 aliphatic rings. The summed E-state index contributed by atoms with van der Waals surface area (Å²) in [6, 6.07) is 4.72. The fraction of sp³-hybridized carbons (Fsp3) is 0.583. The molecule has 0 N–H and O–H groups in total. The topological polar surface area (TPSA) is 16.1 Å². The number of halogens is 1. The van der Waals surface area contributed by atoms with Crippen molar-refractivity contribution in [2.75, 3.05) is 16.8 Å². The Bertz CT molecular complexity index is 282. The van der Waals surface area contributed by atoms with Gasteiger partial charge in [0.1, 0.15) is 5.82 Å². The van der Waals surface area contributed by atoms with Crippen LogP contribution in [0.1, 0.15) is 25.8 Å². The van der Waals surface area contributed by atoms with Crippen LogP contribution in [0.5, 0.6) is 0 Å². The quantitative estimate of drug-likeness (QED) is 0.763. The SMILES string of the molecule is Cc1ccc(N(CCCBr)C(C)C)nc1. The molecule has 0 aromatic carbocycles. The highest BCUT2D eigenvalue weighted by atomic mass is 79.9. The smallest absolute Gasteiger partial charge is 0.128 e. The first-order valence-electron chi connectivity index (χ1n) is 5.40. The summed E-state index contributed by atoms with van der Waals surface area (Å²) in [6.07, 6.45) is 3.08. The number of pyridine rings is 1. The minimum atomic E-state index is 0.499. The lowest BCUT2D eigenvalue weighted by molar-refractivity contribution is 0.665. The second kappa shape index (κ2) is 6.11. The van der Waals surface area contributed by atoms with Crippen LogP contribution in [0.4, 0.5) is 5.82 Å². The van der Waals surface area contributed by atoms with Gasteiger partial charge in [-0.05, 0) is 38.8 Å². The minimum absolute atomic E-state index is 0.499. The third-order valence-corrected chi connectivity index (χ3v) is 2.91. The van der Waals surface area contributed by atoms with Crippen molar-refractivity contribution in [2.24, 2.45) is 0 Å². The first kappa shape index (κ1) is 12.5. The Labute approximate surface area is 101 Å². The number of rotatable bonds is 5. The third-order valence-electron chi connectivity index (χ3n) is 2.35. The minimum Gasteiger partial charge on any atom is -0.354 e. The van der Waals surface area contributed by atoms with Gasteiger partial charge in [0.2, 0.25) is 0 Å². The molecule has 0 aliphatic carbocycles. The zero-order chi connectivity index (χ0) is 11.3. The molecular weight excluding hydrogens is 252 g/mol. The molecule has 0 unspecified atom stereocenters. The van der Waals surface area contributed by atoms with Crippen LogP contribution in [0.3, 0.4) is 0 Å². The molecule has 84 valence electrons. The van der Waals surface area contributed by atoms with Gasteiger partial charge in [0.25, 0.3) is 0 Å². The first-order valence-corrected chi connectivity index (χ1v) is 6.52. The van der Waals surface area contributed by atoms with Gasteiger partial charge in [-0.2, -0.15) is 0 Å². The second-order valence-electron chi connectivity index (χ2n) is 4.02. The maximum Gasteiger partial charge on any atom is 0.128 e. The lowest BCUT2D eigenvalue weighted by Crippen LogP contribution is -2.32. The predicted octanol–water partition coefficient (Wildman–Crippen LogP) is 3.39. The zero-order valence-electron chi connectivity index (χ0n) is 9.70. The molecule has 0 saturated heterocycles. The maximum atomic E-state index is 4.46. The Morgan fingerprint density at radius 2 is 2.13 bits per heavy atom. The van der Waals surface area contributed by atoms with Crippen molar-refractivity contribution < 1.29 is 0 Å². The van der Waals surface area contributed by atoms with Gasteiger partial charge in [-0.25, -0.2) is 4.98 Å². The van der Waals surface area contributed by atoms with Crippen LogP contribution in [0.25, 0.3) is 0 Å². The lowest BCUT2D eigenvalue weighted by atomic mass is 10.2. The van der Waals surface area contributed by atoms with Crippen molar-refractivity contribution in [3.05, 3.63) is 23.9 Å². The van der Waals surface area contributed by atoms with E-state index < -0.39 is 0 Å². The molecule has 15 heavy (non-hydrogen) atoms. The van der Waals surface area contributed by atoms with E-state index in [1.807, 2.05) is 6.20 Å². The van der Waals surface area contributed by atoms with Crippen LogP contribution in [0.15, 0.2) is 18.3 Å². The second-order valence-corrected chi connectivity index (χ2v) is 4.82. The van der Waals surface area contributed by atoms with E-state index in [1.54, 1.807) is 0 Å². The molecule has 1 aromatic rings. The van der Waals surface area contributed by atoms with Gasteiger partial charge in [0.15, 0.2) is 0 Å². The van der Waals surface area contributed by atoms with Crippen LogP contribution in [-0.2, 0) is 0 Å². The molecular formula is C12H19BrN2. The van der Waals surface area contributed by atoms with E-state index in [2.05, 4.69) is 58.7 Å². The van der Waals surface area contributed by atoms with Crippen LogP contribution >= 0.6 is 15.9 Å². The summed E-state index contributed by atoms with van der Waals surface area (Å²) >= 11 is 3.46.